The molecule has 2 aromatic carbocycles. The molecule has 2 heterocycles. The van der Waals surface area contributed by atoms with Crippen molar-refractivity contribution in [2.75, 3.05) is 0 Å². The van der Waals surface area contributed by atoms with Gasteiger partial charge in [-0.3, -0.25) is 0 Å². The summed E-state index contributed by atoms with van der Waals surface area (Å²) in [5, 5.41) is 1.23. The number of hydrogen-bond donors (Lipinski definition) is 0. The second-order valence-electron chi connectivity index (χ2n) is 6.35. The minimum atomic E-state index is 0.359. The van der Waals surface area contributed by atoms with Crippen LogP contribution in [0.3, 0.4) is 0 Å². The fourth-order valence-corrected chi connectivity index (χ4v) is 3.24. The molecule has 4 heteroatoms. The van der Waals surface area contributed by atoms with Crippen LogP contribution in [-0.4, -0.2) is 9.97 Å². The van der Waals surface area contributed by atoms with Crippen LogP contribution >= 0.6 is 11.3 Å². The Morgan fingerprint density at radius 1 is 0.792 bits per heavy atom. The van der Waals surface area contributed by atoms with Crippen molar-refractivity contribution in [2.24, 2.45) is 0 Å². The lowest BCUT2D eigenvalue weighted by Crippen LogP contribution is -1.84. The van der Waals surface area contributed by atoms with Crippen LogP contribution in [0.4, 0.5) is 0 Å². The maximum atomic E-state index is 5.52. The van der Waals surface area contributed by atoms with Crippen molar-refractivity contribution < 1.29 is 4.42 Å². The summed E-state index contributed by atoms with van der Waals surface area (Å²) in [4.78, 5) is 8.88. The van der Waals surface area contributed by atoms with Gasteiger partial charge in [0.25, 0.3) is 0 Å². The lowest BCUT2D eigenvalue weighted by atomic mass is 10.2. The second-order valence-corrected chi connectivity index (χ2v) is 7.41. The molecule has 4 rings (SSSR count). The Balaban J connectivity index is 0.000000141. The Hall–Kier alpha value is -2.20. The van der Waals surface area contributed by atoms with Crippen LogP contribution in [0.2, 0.25) is 0 Å². The zero-order valence-electron chi connectivity index (χ0n) is 14.5. The van der Waals surface area contributed by atoms with E-state index in [2.05, 4.69) is 55.9 Å². The molecule has 0 aliphatic heterocycles. The number of hydrogen-bond acceptors (Lipinski definition) is 4. The van der Waals surface area contributed by atoms with E-state index in [4.69, 9.17) is 4.42 Å². The molecule has 0 atom stereocenters. The number of para-hydroxylation sites is 3. The van der Waals surface area contributed by atoms with Gasteiger partial charge >= 0.3 is 0 Å². The van der Waals surface area contributed by atoms with E-state index in [1.807, 2.05) is 30.3 Å². The molecule has 0 aliphatic rings. The number of oxazole rings is 1. The number of benzene rings is 2. The summed E-state index contributed by atoms with van der Waals surface area (Å²) < 4.78 is 6.81. The summed E-state index contributed by atoms with van der Waals surface area (Å²) in [5.41, 5.74) is 2.95. The standard InChI is InChI=1S/C10H11NO.C10H11NS/c2*1-7(2)10-11-8-5-3-4-6-9(8)12-10/h2*3-7H,1-2H3. The highest BCUT2D eigenvalue weighted by Crippen LogP contribution is 2.26. The average molecular weight is 338 g/mol. The Labute approximate surface area is 146 Å². The molecule has 124 valence electrons. The minimum absolute atomic E-state index is 0.359. The zero-order chi connectivity index (χ0) is 17.1. The van der Waals surface area contributed by atoms with E-state index in [9.17, 15) is 0 Å². The Morgan fingerprint density at radius 2 is 1.46 bits per heavy atom. The Bertz CT molecular complexity index is 793. The molecule has 0 amide bonds. The highest BCUT2D eigenvalue weighted by atomic mass is 32.1. The summed E-state index contributed by atoms with van der Waals surface area (Å²) in [6, 6.07) is 16.1. The van der Waals surface area contributed by atoms with Gasteiger partial charge in [0, 0.05) is 11.8 Å². The molecule has 0 bridgehead atoms. The van der Waals surface area contributed by atoms with E-state index in [0.717, 1.165) is 22.5 Å². The van der Waals surface area contributed by atoms with Gasteiger partial charge in [0.15, 0.2) is 11.5 Å². The largest absolute Gasteiger partial charge is 0.440 e. The fraction of sp³-hybridized carbons (Fsp3) is 0.300. The van der Waals surface area contributed by atoms with E-state index in [-0.39, 0.29) is 0 Å². The number of fused-ring (bicyclic) bond motifs is 2. The molecule has 0 saturated heterocycles. The molecule has 0 N–H and O–H groups in total. The predicted molar refractivity (Wildman–Crippen MR) is 102 cm³/mol. The third-order valence-corrected chi connectivity index (χ3v) is 4.95. The quantitative estimate of drug-likeness (QED) is 0.426. The molecule has 0 aliphatic carbocycles. The van der Waals surface area contributed by atoms with Crippen molar-refractivity contribution in [1.82, 2.24) is 9.97 Å². The van der Waals surface area contributed by atoms with Gasteiger partial charge in [0.05, 0.1) is 15.2 Å². The highest BCUT2D eigenvalue weighted by Gasteiger charge is 2.07. The van der Waals surface area contributed by atoms with Crippen LogP contribution in [0.1, 0.15) is 50.4 Å². The van der Waals surface area contributed by atoms with Gasteiger partial charge in [-0.15, -0.1) is 11.3 Å². The SMILES string of the molecule is CC(C)c1nc2ccccc2o1.CC(C)c1nc2ccccc2s1. The van der Waals surface area contributed by atoms with Crippen LogP contribution < -0.4 is 0 Å². The second kappa shape index (κ2) is 7.14. The van der Waals surface area contributed by atoms with Crippen LogP contribution in [0.25, 0.3) is 21.3 Å². The minimum Gasteiger partial charge on any atom is -0.440 e. The van der Waals surface area contributed by atoms with E-state index >= 15 is 0 Å². The third-order valence-electron chi connectivity index (χ3n) is 3.61. The molecule has 0 spiro atoms. The number of thiazole rings is 1. The van der Waals surface area contributed by atoms with Crippen molar-refractivity contribution >= 4 is 32.7 Å². The lowest BCUT2D eigenvalue weighted by Gasteiger charge is -1.94. The first-order valence-corrected chi connectivity index (χ1v) is 9.07. The van der Waals surface area contributed by atoms with Crippen molar-refractivity contribution in [3.63, 3.8) is 0 Å². The number of rotatable bonds is 2. The lowest BCUT2D eigenvalue weighted by molar-refractivity contribution is 0.501. The first-order valence-electron chi connectivity index (χ1n) is 8.25. The molecule has 2 aromatic heterocycles. The van der Waals surface area contributed by atoms with E-state index in [1.165, 1.54) is 9.71 Å². The predicted octanol–water partition coefficient (Wildman–Crippen LogP) is 6.37. The summed E-state index contributed by atoms with van der Waals surface area (Å²) in [7, 11) is 0. The molecule has 0 radical (unpaired) electrons. The van der Waals surface area contributed by atoms with Gasteiger partial charge in [0.2, 0.25) is 0 Å². The van der Waals surface area contributed by atoms with Gasteiger partial charge in [-0.1, -0.05) is 52.0 Å². The molecular formula is C20H22N2OS. The fourth-order valence-electron chi connectivity index (χ4n) is 2.27. The molecule has 0 unspecified atom stereocenters. The summed E-state index contributed by atoms with van der Waals surface area (Å²) in [6.45, 7) is 8.50. The first-order chi connectivity index (χ1) is 11.5. The molecule has 0 saturated carbocycles. The third kappa shape index (κ3) is 3.65. The summed E-state index contributed by atoms with van der Waals surface area (Å²) in [5.74, 6) is 1.72. The molecule has 0 fully saturated rings. The van der Waals surface area contributed by atoms with Crippen molar-refractivity contribution in [3.8, 4) is 0 Å². The van der Waals surface area contributed by atoms with Crippen LogP contribution in [0.15, 0.2) is 52.9 Å². The van der Waals surface area contributed by atoms with E-state index < -0.39 is 0 Å². The van der Waals surface area contributed by atoms with Crippen LogP contribution in [0, 0.1) is 0 Å². The van der Waals surface area contributed by atoms with Crippen molar-refractivity contribution in [3.05, 3.63) is 59.4 Å². The zero-order valence-corrected chi connectivity index (χ0v) is 15.3. The van der Waals surface area contributed by atoms with Gasteiger partial charge in [-0.2, -0.15) is 0 Å². The molecular weight excluding hydrogens is 316 g/mol. The van der Waals surface area contributed by atoms with Gasteiger partial charge in [0.1, 0.15) is 5.52 Å². The highest BCUT2D eigenvalue weighted by molar-refractivity contribution is 7.18. The van der Waals surface area contributed by atoms with Crippen molar-refractivity contribution in [1.29, 1.82) is 0 Å². The summed E-state index contributed by atoms with van der Waals surface area (Å²) >= 11 is 1.79. The van der Waals surface area contributed by atoms with E-state index in [1.54, 1.807) is 11.3 Å². The molecule has 24 heavy (non-hydrogen) atoms. The van der Waals surface area contributed by atoms with E-state index in [0.29, 0.717) is 11.8 Å². The summed E-state index contributed by atoms with van der Waals surface area (Å²) in [6.07, 6.45) is 0. The van der Waals surface area contributed by atoms with Crippen LogP contribution in [-0.2, 0) is 0 Å². The smallest absolute Gasteiger partial charge is 0.198 e. The van der Waals surface area contributed by atoms with Gasteiger partial charge in [-0.05, 0) is 24.3 Å². The molecule has 3 nitrogen and oxygen atoms in total. The molecule has 4 aromatic rings. The topological polar surface area (TPSA) is 38.9 Å². The number of nitrogens with zero attached hydrogens (tertiary/aromatic N) is 2. The van der Waals surface area contributed by atoms with Crippen molar-refractivity contribution in [2.45, 2.75) is 39.5 Å². The maximum absolute atomic E-state index is 5.52. The van der Waals surface area contributed by atoms with Gasteiger partial charge in [-0.25, -0.2) is 9.97 Å². The monoisotopic (exact) mass is 338 g/mol. The van der Waals surface area contributed by atoms with Gasteiger partial charge < -0.3 is 4.42 Å². The Morgan fingerprint density at radius 3 is 2.08 bits per heavy atom. The number of aromatic nitrogens is 2. The maximum Gasteiger partial charge on any atom is 0.198 e. The Kier molecular flexibility index (Phi) is 4.95. The average Bonchev–Trinajstić information content (AvgIpc) is 3.19. The first kappa shape index (κ1) is 16.7. The normalized spacial score (nSPS) is 11.2. The van der Waals surface area contributed by atoms with Crippen LogP contribution in [0.5, 0.6) is 0 Å².